The van der Waals surface area contributed by atoms with E-state index in [9.17, 15) is 8.42 Å². The maximum atomic E-state index is 13.1. The van der Waals surface area contributed by atoms with Crippen LogP contribution in [0.2, 0.25) is 0 Å². The Morgan fingerprint density at radius 1 is 1.03 bits per heavy atom. The van der Waals surface area contributed by atoms with E-state index in [1.807, 2.05) is 36.9 Å². The van der Waals surface area contributed by atoms with Gasteiger partial charge in [-0.3, -0.25) is 0 Å². The van der Waals surface area contributed by atoms with Crippen LogP contribution in [0.4, 0.5) is 0 Å². The van der Waals surface area contributed by atoms with E-state index < -0.39 is 9.84 Å². The molecule has 0 atom stereocenters. The van der Waals surface area contributed by atoms with Crippen LogP contribution < -0.4 is 0 Å². The van der Waals surface area contributed by atoms with Crippen molar-refractivity contribution in [2.75, 3.05) is 5.75 Å². The molecule has 6 heteroatoms. The van der Waals surface area contributed by atoms with Gasteiger partial charge in [0, 0.05) is 39.8 Å². The minimum Gasteiger partial charge on any atom is -0.355 e. The van der Waals surface area contributed by atoms with Crippen LogP contribution >= 0.6 is 11.8 Å². The second-order valence-electron chi connectivity index (χ2n) is 7.75. The third-order valence-corrected chi connectivity index (χ3v) is 8.33. The van der Waals surface area contributed by atoms with Gasteiger partial charge in [-0.05, 0) is 55.3 Å². The van der Waals surface area contributed by atoms with E-state index in [0.29, 0.717) is 9.79 Å². The Labute approximate surface area is 199 Å². The molecule has 1 aliphatic carbocycles. The smallest absolute Gasteiger partial charge is 0.206 e. The van der Waals surface area contributed by atoms with Crippen LogP contribution in [0.15, 0.2) is 99.2 Å². The molecule has 0 spiro atoms. The predicted molar refractivity (Wildman–Crippen MR) is 137 cm³/mol. The molecule has 0 bridgehead atoms. The third kappa shape index (κ3) is 4.75. The maximum Gasteiger partial charge on any atom is 0.206 e. The van der Waals surface area contributed by atoms with E-state index in [4.69, 9.17) is 5.26 Å². The number of aromatic amines is 1. The highest BCUT2D eigenvalue weighted by atomic mass is 32.2. The van der Waals surface area contributed by atoms with Gasteiger partial charge in [-0.25, -0.2) is 8.42 Å². The zero-order valence-electron chi connectivity index (χ0n) is 18.5. The molecular formula is C27H24N2O2S2. The summed E-state index contributed by atoms with van der Waals surface area (Å²) in [7, 11) is -3.54. The molecule has 4 nitrogen and oxygen atoms in total. The molecule has 2 aromatic carbocycles. The highest BCUT2D eigenvalue weighted by Crippen LogP contribution is 2.42. The van der Waals surface area contributed by atoms with Crippen LogP contribution in [0, 0.1) is 18.3 Å². The van der Waals surface area contributed by atoms with E-state index in [1.54, 1.807) is 30.3 Å². The largest absolute Gasteiger partial charge is 0.355 e. The minimum atomic E-state index is -3.54. The van der Waals surface area contributed by atoms with Crippen molar-refractivity contribution in [1.82, 2.24) is 4.98 Å². The lowest BCUT2D eigenvalue weighted by Gasteiger charge is -2.10. The molecule has 1 N–H and O–H groups in total. The number of H-pyrrole nitrogens is 1. The van der Waals surface area contributed by atoms with E-state index in [2.05, 4.69) is 41.4 Å². The van der Waals surface area contributed by atoms with Crippen molar-refractivity contribution in [3.63, 3.8) is 0 Å². The van der Waals surface area contributed by atoms with Crippen molar-refractivity contribution in [1.29, 1.82) is 5.26 Å². The summed E-state index contributed by atoms with van der Waals surface area (Å²) in [6.07, 6.45) is 11.7. The van der Waals surface area contributed by atoms with Gasteiger partial charge in [0.25, 0.3) is 0 Å². The molecule has 0 saturated heterocycles. The van der Waals surface area contributed by atoms with Crippen molar-refractivity contribution in [2.24, 2.45) is 0 Å². The number of sulfone groups is 1. The molecule has 0 fully saturated rings. The van der Waals surface area contributed by atoms with E-state index in [-0.39, 0.29) is 0 Å². The van der Waals surface area contributed by atoms with Crippen LogP contribution in [0.5, 0.6) is 0 Å². The number of nitriles is 1. The van der Waals surface area contributed by atoms with Crippen molar-refractivity contribution < 1.29 is 8.42 Å². The van der Waals surface area contributed by atoms with Crippen LogP contribution in [-0.2, 0) is 9.84 Å². The lowest BCUT2D eigenvalue weighted by Crippen LogP contribution is -2.01. The number of aryl methyl sites for hydroxylation is 1. The lowest BCUT2D eigenvalue weighted by molar-refractivity contribution is 0.596. The van der Waals surface area contributed by atoms with Gasteiger partial charge in [0.2, 0.25) is 9.84 Å². The first kappa shape index (κ1) is 22.9. The molecule has 2 heterocycles. The topological polar surface area (TPSA) is 73.7 Å². The number of rotatable bonds is 3. The van der Waals surface area contributed by atoms with Crippen molar-refractivity contribution in [3.05, 3.63) is 101 Å². The molecule has 5 rings (SSSR count). The van der Waals surface area contributed by atoms with Gasteiger partial charge in [0.15, 0.2) is 0 Å². The molecule has 166 valence electrons. The predicted octanol–water partition coefficient (Wildman–Crippen LogP) is 6.74. The van der Waals surface area contributed by atoms with Crippen LogP contribution in [0.3, 0.4) is 0 Å². The van der Waals surface area contributed by atoms with E-state index in [1.165, 1.54) is 23.0 Å². The Kier molecular flexibility index (Phi) is 6.73. The number of nitrogens with one attached hydrogen (secondary N) is 1. The second kappa shape index (κ2) is 9.70. The molecule has 2 aliphatic rings. The van der Waals surface area contributed by atoms with Crippen LogP contribution in [0.25, 0.3) is 16.5 Å². The monoisotopic (exact) mass is 472 g/mol. The Balaban J connectivity index is 0.000000821. The first-order chi connectivity index (χ1) is 15.9. The summed E-state index contributed by atoms with van der Waals surface area (Å²) in [6, 6.07) is 16.1. The summed E-state index contributed by atoms with van der Waals surface area (Å²) < 4.78 is 26.1. The zero-order valence-corrected chi connectivity index (χ0v) is 20.1. The van der Waals surface area contributed by atoms with Crippen LogP contribution in [-0.4, -0.2) is 19.2 Å². The summed E-state index contributed by atoms with van der Waals surface area (Å²) >= 11 is 1.85. The third-order valence-electron chi connectivity index (χ3n) is 5.46. The summed E-state index contributed by atoms with van der Waals surface area (Å²) in [4.78, 5) is 5.42. The number of hydrogen-bond acceptors (Lipinski definition) is 4. The van der Waals surface area contributed by atoms with Gasteiger partial charge >= 0.3 is 0 Å². The summed E-state index contributed by atoms with van der Waals surface area (Å²) in [6.45, 7) is 3.38. The molecule has 33 heavy (non-hydrogen) atoms. The van der Waals surface area contributed by atoms with Crippen molar-refractivity contribution >= 4 is 38.1 Å². The Morgan fingerprint density at radius 3 is 2.45 bits per heavy atom. The molecule has 0 amide bonds. The summed E-state index contributed by atoms with van der Waals surface area (Å²) in [5, 5.41) is 8.22. The molecule has 0 unspecified atom stereocenters. The fraction of sp³-hybridized carbons (Fsp3) is 0.148. The molecular weight excluding hydrogens is 448 g/mol. The molecule has 0 radical (unpaired) electrons. The van der Waals surface area contributed by atoms with Crippen molar-refractivity contribution in [2.45, 2.75) is 30.1 Å². The van der Waals surface area contributed by atoms with Gasteiger partial charge < -0.3 is 4.98 Å². The SMILES string of the molecule is CC#N.Cc1ccc(S(=O)(=O)c2ccc3[nH]c(C4=CCSC4=C4C=CC=CC4)cc3c2)cc1. The number of hydrogen-bond donors (Lipinski definition) is 1. The quantitative estimate of drug-likeness (QED) is 0.458. The van der Waals surface area contributed by atoms with Gasteiger partial charge in [-0.15, -0.1) is 11.8 Å². The first-order valence-corrected chi connectivity index (χ1v) is 13.1. The highest BCUT2D eigenvalue weighted by molar-refractivity contribution is 8.04. The van der Waals surface area contributed by atoms with E-state index >= 15 is 0 Å². The number of aromatic nitrogens is 1. The normalized spacial score (nSPS) is 17.4. The van der Waals surface area contributed by atoms with Gasteiger partial charge in [0.1, 0.15) is 0 Å². The number of nitrogens with zero attached hydrogens (tertiary/aromatic N) is 1. The average molecular weight is 473 g/mol. The van der Waals surface area contributed by atoms with Crippen molar-refractivity contribution in [3.8, 4) is 6.07 Å². The highest BCUT2D eigenvalue weighted by Gasteiger charge is 2.21. The summed E-state index contributed by atoms with van der Waals surface area (Å²) in [5.41, 5.74) is 5.54. The molecule has 1 aromatic heterocycles. The number of allylic oxidation sites excluding steroid dienone is 6. The molecule has 1 aliphatic heterocycles. The second-order valence-corrected chi connectivity index (χ2v) is 10.7. The molecule has 3 aromatic rings. The minimum absolute atomic E-state index is 0.318. The first-order valence-electron chi connectivity index (χ1n) is 10.6. The fourth-order valence-electron chi connectivity index (χ4n) is 3.83. The molecule has 0 saturated carbocycles. The number of thioether (sulfide) groups is 1. The summed E-state index contributed by atoms with van der Waals surface area (Å²) in [5.74, 6) is 0.953. The lowest BCUT2D eigenvalue weighted by atomic mass is 10.0. The Bertz CT molecular complexity index is 1460. The Hall–Kier alpha value is -3.27. The van der Waals surface area contributed by atoms with E-state index in [0.717, 1.165) is 34.3 Å². The van der Waals surface area contributed by atoms with Gasteiger partial charge in [0.05, 0.1) is 15.9 Å². The Morgan fingerprint density at radius 2 is 1.76 bits per heavy atom. The standard InChI is InChI=1S/C25H21NO2S2.C2H3N/c1-17-7-9-20(10-8-17)30(27,28)21-11-12-23-19(15-21)16-24(26-23)22-13-14-29-25(22)18-5-3-2-4-6-18;1-2-3/h2-5,7-13,15-16,26H,6,14H2,1H3;1H3. The zero-order chi connectivity index (χ0) is 23.4. The maximum absolute atomic E-state index is 13.1. The van der Waals surface area contributed by atoms with Gasteiger partial charge in [-0.2, -0.15) is 5.26 Å². The average Bonchev–Trinajstić information content (AvgIpc) is 3.47. The van der Waals surface area contributed by atoms with Crippen LogP contribution in [0.1, 0.15) is 24.6 Å². The number of fused-ring (bicyclic) bond motifs is 1. The number of benzene rings is 2. The van der Waals surface area contributed by atoms with Gasteiger partial charge in [-0.1, -0.05) is 48.1 Å². The fourth-order valence-corrected chi connectivity index (χ4v) is 6.23.